The topological polar surface area (TPSA) is 110 Å². The Balaban J connectivity index is 1.73. The summed E-state index contributed by atoms with van der Waals surface area (Å²) >= 11 is 0. The number of hydrogen-bond donors (Lipinski definition) is 3. The van der Waals surface area contributed by atoms with Crippen LogP contribution in [-0.4, -0.2) is 32.9 Å². The normalized spacial score (nSPS) is 19.6. The number of benzene rings is 1. The van der Waals surface area contributed by atoms with Gasteiger partial charge in [-0.05, 0) is 54.5 Å². The zero-order valence-corrected chi connectivity index (χ0v) is 16.8. The third kappa shape index (κ3) is 3.30. The van der Waals surface area contributed by atoms with Crippen molar-refractivity contribution in [2.75, 3.05) is 17.7 Å². The van der Waals surface area contributed by atoms with E-state index >= 15 is 0 Å². The Labute approximate surface area is 164 Å². The maximum absolute atomic E-state index is 9.33. The molecule has 0 bridgehead atoms. The summed E-state index contributed by atoms with van der Waals surface area (Å²) < 4.78 is 5.82. The fraction of sp³-hybridized carbons (Fsp3) is 0.476. The van der Waals surface area contributed by atoms with Crippen LogP contribution in [0.1, 0.15) is 44.7 Å². The minimum atomic E-state index is -0.100. The van der Waals surface area contributed by atoms with E-state index in [0.29, 0.717) is 17.6 Å². The largest absolute Gasteiger partial charge is 0.402 e. The number of rotatable bonds is 4. The standard InChI is InChI=1S/C21H27N5O2/c1-11-7-17(19-25-26-20(28-19)24-16-6-5-12(16)10-27)23-18-14(11)8-13(22)9-15(18)21(2,3)4/h7-9,12,16,27H,5-6,10,22H2,1-4H3,(H,24,26). The molecule has 1 fully saturated rings. The minimum Gasteiger partial charge on any atom is -0.402 e. The van der Waals surface area contributed by atoms with E-state index in [1.54, 1.807) is 0 Å². The quantitative estimate of drug-likeness (QED) is 0.592. The van der Waals surface area contributed by atoms with Crippen LogP contribution >= 0.6 is 0 Å². The van der Waals surface area contributed by atoms with Gasteiger partial charge in [0.15, 0.2) is 0 Å². The van der Waals surface area contributed by atoms with Crippen molar-refractivity contribution < 1.29 is 9.52 Å². The third-order valence-electron chi connectivity index (χ3n) is 5.56. The molecule has 2 aromatic heterocycles. The van der Waals surface area contributed by atoms with Gasteiger partial charge >= 0.3 is 6.01 Å². The number of nitrogens with zero attached hydrogens (tertiary/aromatic N) is 3. The van der Waals surface area contributed by atoms with Crippen molar-refractivity contribution in [2.45, 2.75) is 52.0 Å². The Morgan fingerprint density at radius 1 is 1.21 bits per heavy atom. The van der Waals surface area contributed by atoms with Gasteiger partial charge in [0.2, 0.25) is 0 Å². The van der Waals surface area contributed by atoms with E-state index < -0.39 is 0 Å². The lowest BCUT2D eigenvalue weighted by atomic mass is 9.80. The molecule has 2 atom stereocenters. The van der Waals surface area contributed by atoms with Crippen molar-refractivity contribution in [3.05, 3.63) is 29.3 Å². The highest BCUT2D eigenvalue weighted by molar-refractivity contribution is 5.90. The molecular formula is C21H27N5O2. The van der Waals surface area contributed by atoms with Crippen molar-refractivity contribution in [1.29, 1.82) is 0 Å². The highest BCUT2D eigenvalue weighted by Gasteiger charge is 2.31. The van der Waals surface area contributed by atoms with Crippen LogP contribution in [0.25, 0.3) is 22.5 Å². The van der Waals surface area contributed by atoms with Gasteiger partial charge in [0, 0.05) is 29.6 Å². The molecule has 148 valence electrons. The molecule has 0 spiro atoms. The van der Waals surface area contributed by atoms with Crippen molar-refractivity contribution in [1.82, 2.24) is 15.2 Å². The molecule has 7 nitrogen and oxygen atoms in total. The second-order valence-corrected chi connectivity index (χ2v) is 8.72. The van der Waals surface area contributed by atoms with Gasteiger partial charge in [-0.2, -0.15) is 0 Å². The Kier molecular flexibility index (Phi) is 4.50. The van der Waals surface area contributed by atoms with Crippen molar-refractivity contribution in [2.24, 2.45) is 5.92 Å². The van der Waals surface area contributed by atoms with Gasteiger partial charge in [-0.25, -0.2) is 4.98 Å². The predicted octanol–water partition coefficient (Wildman–Crippen LogP) is 3.66. The number of nitrogens with one attached hydrogen (secondary N) is 1. The summed E-state index contributed by atoms with van der Waals surface area (Å²) in [5.74, 6) is 0.625. The fourth-order valence-corrected chi connectivity index (χ4v) is 3.72. The van der Waals surface area contributed by atoms with Gasteiger partial charge in [0.25, 0.3) is 5.89 Å². The zero-order chi connectivity index (χ0) is 20.1. The Morgan fingerprint density at radius 3 is 2.64 bits per heavy atom. The summed E-state index contributed by atoms with van der Waals surface area (Å²) in [5, 5.41) is 21.9. The Hall–Kier alpha value is -2.67. The molecule has 3 aromatic rings. The van der Waals surface area contributed by atoms with E-state index in [4.69, 9.17) is 15.1 Å². The number of aromatic nitrogens is 3. The van der Waals surface area contributed by atoms with E-state index in [1.165, 1.54) is 0 Å². The van der Waals surface area contributed by atoms with Gasteiger partial charge in [-0.15, -0.1) is 5.10 Å². The molecule has 7 heteroatoms. The maximum atomic E-state index is 9.33. The number of aliphatic hydroxyl groups is 1. The Morgan fingerprint density at radius 2 is 2.00 bits per heavy atom. The molecule has 1 saturated carbocycles. The first-order valence-electron chi connectivity index (χ1n) is 9.69. The molecule has 0 amide bonds. The van der Waals surface area contributed by atoms with Gasteiger partial charge in [0.1, 0.15) is 5.69 Å². The second-order valence-electron chi connectivity index (χ2n) is 8.72. The number of aryl methyl sites for hydroxylation is 1. The van der Waals surface area contributed by atoms with Crippen LogP contribution in [-0.2, 0) is 5.41 Å². The summed E-state index contributed by atoms with van der Waals surface area (Å²) in [5.41, 5.74) is 10.5. The number of hydrogen-bond acceptors (Lipinski definition) is 7. The molecule has 28 heavy (non-hydrogen) atoms. The summed E-state index contributed by atoms with van der Waals surface area (Å²) in [6.07, 6.45) is 2.01. The number of pyridine rings is 1. The molecule has 4 rings (SSSR count). The molecule has 0 saturated heterocycles. The van der Waals surface area contributed by atoms with Crippen LogP contribution in [0.3, 0.4) is 0 Å². The van der Waals surface area contributed by atoms with E-state index in [9.17, 15) is 5.11 Å². The zero-order valence-electron chi connectivity index (χ0n) is 16.8. The van der Waals surface area contributed by atoms with Crippen LogP contribution in [0.5, 0.6) is 0 Å². The lowest BCUT2D eigenvalue weighted by molar-refractivity contribution is 0.146. The number of aliphatic hydroxyl groups excluding tert-OH is 1. The maximum Gasteiger partial charge on any atom is 0.316 e. The van der Waals surface area contributed by atoms with E-state index in [2.05, 4.69) is 36.3 Å². The van der Waals surface area contributed by atoms with Crippen LogP contribution in [0.4, 0.5) is 11.7 Å². The molecule has 1 aromatic carbocycles. The summed E-state index contributed by atoms with van der Waals surface area (Å²) in [6.45, 7) is 8.65. The van der Waals surface area contributed by atoms with Crippen LogP contribution in [0.15, 0.2) is 22.6 Å². The average molecular weight is 381 g/mol. The second kappa shape index (κ2) is 6.74. The van der Waals surface area contributed by atoms with E-state index in [-0.39, 0.29) is 24.0 Å². The number of nitrogens with two attached hydrogens (primary N) is 1. The van der Waals surface area contributed by atoms with E-state index in [1.807, 2.05) is 25.1 Å². The molecule has 1 aliphatic carbocycles. The molecule has 0 aliphatic heterocycles. The minimum absolute atomic E-state index is 0.100. The molecule has 1 aliphatic rings. The van der Waals surface area contributed by atoms with Crippen molar-refractivity contribution in [3.63, 3.8) is 0 Å². The number of anilines is 2. The molecule has 2 heterocycles. The highest BCUT2D eigenvalue weighted by Crippen LogP contribution is 2.35. The lowest BCUT2D eigenvalue weighted by Gasteiger charge is -2.34. The molecule has 0 radical (unpaired) electrons. The van der Waals surface area contributed by atoms with Crippen molar-refractivity contribution in [3.8, 4) is 11.6 Å². The van der Waals surface area contributed by atoms with Gasteiger partial charge < -0.3 is 20.6 Å². The van der Waals surface area contributed by atoms with Crippen LogP contribution in [0, 0.1) is 12.8 Å². The highest BCUT2D eigenvalue weighted by atomic mass is 16.4. The van der Waals surface area contributed by atoms with Crippen LogP contribution < -0.4 is 11.1 Å². The predicted molar refractivity (Wildman–Crippen MR) is 110 cm³/mol. The molecule has 4 N–H and O–H groups in total. The number of fused-ring (bicyclic) bond motifs is 1. The number of nitrogen functional groups attached to an aromatic ring is 1. The average Bonchev–Trinajstić information content (AvgIpc) is 3.07. The Bertz CT molecular complexity index is 1020. The first-order valence-corrected chi connectivity index (χ1v) is 9.69. The summed E-state index contributed by atoms with van der Waals surface area (Å²) in [4.78, 5) is 4.85. The lowest BCUT2D eigenvalue weighted by Crippen LogP contribution is -2.40. The third-order valence-corrected chi connectivity index (χ3v) is 5.56. The van der Waals surface area contributed by atoms with Gasteiger partial charge in [-0.3, -0.25) is 0 Å². The molecular weight excluding hydrogens is 354 g/mol. The van der Waals surface area contributed by atoms with Gasteiger partial charge in [0.05, 0.1) is 5.52 Å². The smallest absolute Gasteiger partial charge is 0.316 e. The summed E-state index contributed by atoms with van der Waals surface area (Å²) in [7, 11) is 0. The first-order chi connectivity index (χ1) is 13.3. The van der Waals surface area contributed by atoms with E-state index in [0.717, 1.165) is 40.6 Å². The first kappa shape index (κ1) is 18.7. The van der Waals surface area contributed by atoms with Gasteiger partial charge in [-0.1, -0.05) is 25.9 Å². The fourth-order valence-electron chi connectivity index (χ4n) is 3.72. The van der Waals surface area contributed by atoms with Crippen LogP contribution in [0.2, 0.25) is 0 Å². The SMILES string of the molecule is Cc1cc(-c2nnc(NC3CCC3CO)o2)nc2c(C(C)(C)C)cc(N)cc12. The monoisotopic (exact) mass is 381 g/mol. The molecule has 2 unspecified atom stereocenters. The summed E-state index contributed by atoms with van der Waals surface area (Å²) in [6, 6.07) is 6.45. The van der Waals surface area contributed by atoms with Crippen molar-refractivity contribution >= 4 is 22.6 Å².